The highest BCUT2D eigenvalue weighted by Gasteiger charge is 2.28. The number of carbonyl (C=O) groups excluding carboxylic acids is 1. The number of anilines is 1. The molecule has 0 spiro atoms. The minimum Gasteiger partial charge on any atom is -0.440 e. The van der Waals surface area contributed by atoms with Gasteiger partial charge in [0.05, 0.1) is 0 Å². The fourth-order valence-corrected chi connectivity index (χ4v) is 2.32. The lowest BCUT2D eigenvalue weighted by Gasteiger charge is -2.04. The van der Waals surface area contributed by atoms with Crippen LogP contribution >= 0.6 is 11.6 Å². The third-order valence-corrected chi connectivity index (χ3v) is 3.67. The zero-order valence-corrected chi connectivity index (χ0v) is 11.9. The quantitative estimate of drug-likeness (QED) is 0.645. The summed E-state index contributed by atoms with van der Waals surface area (Å²) in [6.45, 7) is 0. The highest BCUT2D eigenvalue weighted by Crippen LogP contribution is 2.40. The molecule has 1 aromatic heterocycles. The van der Waals surface area contributed by atoms with E-state index in [1.54, 1.807) is 0 Å². The summed E-state index contributed by atoms with van der Waals surface area (Å²) in [5, 5.41) is 2.88. The number of hydrogen-bond acceptors (Lipinski definition) is 3. The molecular weight excluding hydrogens is 276 g/mol. The van der Waals surface area contributed by atoms with Crippen molar-refractivity contribution in [3.63, 3.8) is 0 Å². The van der Waals surface area contributed by atoms with Crippen LogP contribution in [0.3, 0.4) is 0 Å². The molecule has 0 bridgehead atoms. The van der Waals surface area contributed by atoms with Crippen LogP contribution in [0.15, 0.2) is 22.6 Å². The molecule has 5 heteroatoms. The molecule has 1 N–H and O–H groups in total. The first kappa shape index (κ1) is 13.4. The third-order valence-electron chi connectivity index (χ3n) is 3.40. The van der Waals surface area contributed by atoms with Gasteiger partial charge in [-0.2, -0.15) is 0 Å². The second-order valence-electron chi connectivity index (χ2n) is 5.20. The van der Waals surface area contributed by atoms with Gasteiger partial charge in [0.1, 0.15) is 5.52 Å². The summed E-state index contributed by atoms with van der Waals surface area (Å²) >= 11 is 5.59. The highest BCUT2D eigenvalue weighted by molar-refractivity contribution is 6.17. The van der Waals surface area contributed by atoms with Crippen molar-refractivity contribution < 1.29 is 9.21 Å². The van der Waals surface area contributed by atoms with Gasteiger partial charge in [-0.1, -0.05) is 0 Å². The Morgan fingerprint density at radius 1 is 1.40 bits per heavy atom. The fourth-order valence-electron chi connectivity index (χ4n) is 2.13. The summed E-state index contributed by atoms with van der Waals surface area (Å²) in [5.41, 5.74) is 2.36. The van der Waals surface area contributed by atoms with E-state index in [9.17, 15) is 4.79 Å². The maximum Gasteiger partial charge on any atom is 0.224 e. The molecule has 106 valence electrons. The largest absolute Gasteiger partial charge is 0.440 e. The molecule has 1 aliphatic rings. The number of halogens is 1. The SMILES string of the molecule is O=C(CCCCCl)Nc1ccc2oc(C3CC3)nc2c1. The van der Waals surface area contributed by atoms with Crippen LogP contribution in [0.25, 0.3) is 11.1 Å². The number of carbonyl (C=O) groups is 1. The average Bonchev–Trinajstić information content (AvgIpc) is 3.19. The van der Waals surface area contributed by atoms with Crippen molar-refractivity contribution in [1.29, 1.82) is 0 Å². The first-order chi connectivity index (χ1) is 9.76. The normalized spacial score (nSPS) is 14.7. The lowest BCUT2D eigenvalue weighted by atomic mass is 10.2. The summed E-state index contributed by atoms with van der Waals surface area (Å²) < 4.78 is 5.69. The van der Waals surface area contributed by atoms with Crippen LogP contribution in [0.2, 0.25) is 0 Å². The van der Waals surface area contributed by atoms with Crippen molar-refractivity contribution in [2.24, 2.45) is 0 Å². The average molecular weight is 293 g/mol. The van der Waals surface area contributed by atoms with E-state index in [1.165, 1.54) is 0 Å². The van der Waals surface area contributed by atoms with Crippen LogP contribution in [-0.2, 0) is 4.79 Å². The Kier molecular flexibility index (Phi) is 3.92. The number of hydrogen-bond donors (Lipinski definition) is 1. The molecule has 0 radical (unpaired) electrons. The Morgan fingerprint density at radius 3 is 3.00 bits per heavy atom. The number of aromatic nitrogens is 1. The van der Waals surface area contributed by atoms with Crippen LogP contribution in [0.1, 0.15) is 43.9 Å². The second-order valence-corrected chi connectivity index (χ2v) is 5.58. The number of nitrogens with zero attached hydrogens (tertiary/aromatic N) is 1. The summed E-state index contributed by atoms with van der Waals surface area (Å²) in [6, 6.07) is 5.58. The first-order valence-electron chi connectivity index (χ1n) is 7.02. The monoisotopic (exact) mass is 292 g/mol. The molecule has 3 rings (SSSR count). The van der Waals surface area contributed by atoms with Crippen LogP contribution in [-0.4, -0.2) is 16.8 Å². The fraction of sp³-hybridized carbons (Fsp3) is 0.467. The number of alkyl halides is 1. The Balaban J connectivity index is 1.67. The molecule has 1 aromatic carbocycles. The maximum absolute atomic E-state index is 11.7. The summed E-state index contributed by atoms with van der Waals surface area (Å²) in [5.74, 6) is 1.93. The van der Waals surface area contributed by atoms with Crippen LogP contribution in [0.4, 0.5) is 5.69 Å². The van der Waals surface area contributed by atoms with E-state index in [4.69, 9.17) is 16.0 Å². The highest BCUT2D eigenvalue weighted by atomic mass is 35.5. The minimum absolute atomic E-state index is 0.0142. The van der Waals surface area contributed by atoms with E-state index in [-0.39, 0.29) is 5.91 Å². The summed E-state index contributed by atoms with van der Waals surface area (Å²) in [4.78, 5) is 16.2. The van der Waals surface area contributed by atoms with Gasteiger partial charge in [-0.05, 0) is 43.9 Å². The van der Waals surface area contributed by atoms with Crippen molar-refractivity contribution in [3.8, 4) is 0 Å². The summed E-state index contributed by atoms with van der Waals surface area (Å²) in [6.07, 6.45) is 4.50. The number of rotatable bonds is 6. The number of benzene rings is 1. The van der Waals surface area contributed by atoms with Gasteiger partial charge in [-0.25, -0.2) is 4.98 Å². The molecule has 0 aliphatic heterocycles. The topological polar surface area (TPSA) is 55.1 Å². The van der Waals surface area contributed by atoms with E-state index < -0.39 is 0 Å². The Hall–Kier alpha value is -1.55. The molecule has 0 saturated heterocycles. The molecular formula is C15H17ClN2O2. The standard InChI is InChI=1S/C15H17ClN2O2/c16-8-2-1-3-14(19)17-11-6-7-13-12(9-11)18-15(20-13)10-4-5-10/h6-7,9-10H,1-5,8H2,(H,17,19). The Bertz CT molecular complexity index is 619. The predicted octanol–water partition coefficient (Wildman–Crippen LogP) is 4.05. The van der Waals surface area contributed by atoms with E-state index in [0.717, 1.165) is 48.4 Å². The lowest BCUT2D eigenvalue weighted by molar-refractivity contribution is -0.116. The smallest absolute Gasteiger partial charge is 0.224 e. The zero-order chi connectivity index (χ0) is 13.9. The molecule has 1 amide bonds. The first-order valence-corrected chi connectivity index (χ1v) is 7.56. The molecule has 20 heavy (non-hydrogen) atoms. The Morgan fingerprint density at radius 2 is 2.25 bits per heavy atom. The van der Waals surface area contributed by atoms with E-state index in [0.29, 0.717) is 18.2 Å². The van der Waals surface area contributed by atoms with Gasteiger partial charge in [0, 0.05) is 23.9 Å². The number of oxazole rings is 1. The van der Waals surface area contributed by atoms with E-state index in [2.05, 4.69) is 10.3 Å². The van der Waals surface area contributed by atoms with Gasteiger partial charge in [0.25, 0.3) is 0 Å². The molecule has 4 nitrogen and oxygen atoms in total. The second kappa shape index (κ2) is 5.83. The Labute approximate surface area is 122 Å². The van der Waals surface area contributed by atoms with Crippen molar-refractivity contribution in [2.45, 2.75) is 38.0 Å². The van der Waals surface area contributed by atoms with E-state index >= 15 is 0 Å². The third kappa shape index (κ3) is 3.12. The van der Waals surface area contributed by atoms with Crippen molar-refractivity contribution in [1.82, 2.24) is 4.98 Å². The number of unbranched alkanes of at least 4 members (excludes halogenated alkanes) is 1. The summed E-state index contributed by atoms with van der Waals surface area (Å²) in [7, 11) is 0. The number of nitrogens with one attached hydrogen (secondary N) is 1. The maximum atomic E-state index is 11.7. The van der Waals surface area contributed by atoms with Gasteiger partial charge >= 0.3 is 0 Å². The van der Waals surface area contributed by atoms with Gasteiger partial charge < -0.3 is 9.73 Å². The molecule has 0 unspecified atom stereocenters. The van der Waals surface area contributed by atoms with Gasteiger partial charge in [-0.15, -0.1) is 11.6 Å². The van der Waals surface area contributed by atoms with Crippen molar-refractivity contribution >= 4 is 34.3 Å². The zero-order valence-electron chi connectivity index (χ0n) is 11.2. The van der Waals surface area contributed by atoms with Gasteiger partial charge in [0.2, 0.25) is 5.91 Å². The molecule has 1 heterocycles. The van der Waals surface area contributed by atoms with Gasteiger partial charge in [0.15, 0.2) is 11.5 Å². The molecule has 1 saturated carbocycles. The minimum atomic E-state index is 0.0142. The molecule has 0 atom stereocenters. The molecule has 1 aliphatic carbocycles. The van der Waals surface area contributed by atoms with Gasteiger partial charge in [-0.3, -0.25) is 4.79 Å². The van der Waals surface area contributed by atoms with Crippen LogP contribution in [0.5, 0.6) is 0 Å². The number of amides is 1. The lowest BCUT2D eigenvalue weighted by Crippen LogP contribution is -2.10. The molecule has 2 aromatic rings. The van der Waals surface area contributed by atoms with Crippen molar-refractivity contribution in [3.05, 3.63) is 24.1 Å². The van der Waals surface area contributed by atoms with Crippen molar-refractivity contribution in [2.75, 3.05) is 11.2 Å². The van der Waals surface area contributed by atoms with E-state index in [1.807, 2.05) is 18.2 Å². The predicted molar refractivity (Wildman–Crippen MR) is 79.2 cm³/mol. The van der Waals surface area contributed by atoms with Crippen LogP contribution < -0.4 is 5.32 Å². The number of fused-ring (bicyclic) bond motifs is 1. The van der Waals surface area contributed by atoms with Crippen LogP contribution in [0, 0.1) is 0 Å². The molecule has 1 fully saturated rings.